The lowest BCUT2D eigenvalue weighted by Crippen LogP contribution is -2.31. The van der Waals surface area contributed by atoms with Crippen LogP contribution in [0, 0.1) is 0 Å². The monoisotopic (exact) mass is 439 g/mol. The van der Waals surface area contributed by atoms with Gasteiger partial charge in [-0.2, -0.15) is 13.2 Å². The Bertz CT molecular complexity index is 1220. The molecule has 164 valence electrons. The maximum Gasteiger partial charge on any atom is 0.418 e. The van der Waals surface area contributed by atoms with Gasteiger partial charge in [-0.05, 0) is 29.8 Å². The van der Waals surface area contributed by atoms with E-state index in [1.54, 1.807) is 12.3 Å². The Kier molecular flexibility index (Phi) is 6.07. The third-order valence-electron chi connectivity index (χ3n) is 4.88. The molecular weight excluding hydrogens is 419 g/mol. The molecule has 0 aliphatic rings. The van der Waals surface area contributed by atoms with Gasteiger partial charge in [-0.3, -0.25) is 0 Å². The molecule has 2 aromatic carbocycles. The van der Waals surface area contributed by atoms with Crippen molar-refractivity contribution in [2.45, 2.75) is 19.1 Å². The largest absolute Gasteiger partial charge is 0.418 e. The predicted molar refractivity (Wildman–Crippen MR) is 115 cm³/mol. The zero-order chi connectivity index (χ0) is 22.6. The highest BCUT2D eigenvalue weighted by molar-refractivity contribution is 5.90. The Morgan fingerprint density at radius 3 is 2.50 bits per heavy atom. The highest BCUT2D eigenvalue weighted by atomic mass is 19.4. The number of rotatable bonds is 6. The molecule has 0 atom stereocenters. The summed E-state index contributed by atoms with van der Waals surface area (Å²) in [5.74, 6) is 0.721. The van der Waals surface area contributed by atoms with Gasteiger partial charge in [0.25, 0.3) is 0 Å². The van der Waals surface area contributed by atoms with E-state index in [0.29, 0.717) is 13.0 Å². The van der Waals surface area contributed by atoms with Gasteiger partial charge in [-0.15, -0.1) is 0 Å². The molecule has 4 aromatic rings. The number of fused-ring (bicyclic) bond motifs is 1. The number of halogens is 3. The van der Waals surface area contributed by atoms with Gasteiger partial charge in [0, 0.05) is 19.2 Å². The minimum atomic E-state index is -4.56. The summed E-state index contributed by atoms with van der Waals surface area (Å²) in [6, 6.07) is 17.6. The molecule has 6 nitrogen and oxygen atoms in total. The zero-order valence-corrected chi connectivity index (χ0v) is 16.9. The number of hydrogen-bond acceptors (Lipinski definition) is 3. The smallest absolute Gasteiger partial charge is 0.337 e. The van der Waals surface area contributed by atoms with Crippen molar-refractivity contribution in [2.75, 3.05) is 11.9 Å². The van der Waals surface area contributed by atoms with Gasteiger partial charge in [-0.25, -0.2) is 14.8 Å². The summed E-state index contributed by atoms with van der Waals surface area (Å²) >= 11 is 0. The van der Waals surface area contributed by atoms with Crippen LogP contribution in [0.4, 0.5) is 23.7 Å². The number of carbonyl (C=O) groups excluding carboxylic acids is 1. The highest BCUT2D eigenvalue weighted by Crippen LogP contribution is 2.34. The standard InChI is InChI=1S/C23H20F3N5O/c24-23(25,26)17-9-4-5-10-18(17)30-22(32)28-14-12-20-29-19-11-6-13-27-21(19)31(20)15-16-7-2-1-3-8-16/h1-11,13H,12,14-15H2,(H2,28,30,32). The van der Waals surface area contributed by atoms with E-state index in [2.05, 4.69) is 20.6 Å². The topological polar surface area (TPSA) is 71.8 Å². The molecule has 0 fully saturated rings. The van der Waals surface area contributed by atoms with Crippen molar-refractivity contribution < 1.29 is 18.0 Å². The molecule has 0 unspecified atom stereocenters. The molecule has 0 aliphatic carbocycles. The van der Waals surface area contributed by atoms with Crippen LogP contribution in [0.25, 0.3) is 11.2 Å². The van der Waals surface area contributed by atoms with E-state index < -0.39 is 17.8 Å². The van der Waals surface area contributed by atoms with Crippen molar-refractivity contribution in [1.82, 2.24) is 19.9 Å². The Hall–Kier alpha value is -3.88. The summed E-state index contributed by atoms with van der Waals surface area (Å²) in [6.45, 7) is 0.757. The van der Waals surface area contributed by atoms with Gasteiger partial charge in [0.05, 0.1) is 17.8 Å². The lowest BCUT2D eigenvalue weighted by Gasteiger charge is -2.14. The van der Waals surface area contributed by atoms with Crippen LogP contribution in [0.5, 0.6) is 0 Å². The summed E-state index contributed by atoms with van der Waals surface area (Å²) in [4.78, 5) is 21.2. The van der Waals surface area contributed by atoms with Crippen LogP contribution < -0.4 is 10.6 Å². The van der Waals surface area contributed by atoms with Gasteiger partial charge in [-0.1, -0.05) is 42.5 Å². The average molecular weight is 439 g/mol. The number of amides is 2. The number of aromatic nitrogens is 3. The number of nitrogens with zero attached hydrogens (tertiary/aromatic N) is 3. The van der Waals surface area contributed by atoms with Gasteiger partial charge >= 0.3 is 12.2 Å². The number of urea groups is 1. The van der Waals surface area contributed by atoms with E-state index in [0.717, 1.165) is 28.6 Å². The molecule has 0 saturated carbocycles. The molecule has 0 saturated heterocycles. The first-order chi connectivity index (χ1) is 15.4. The Morgan fingerprint density at radius 1 is 0.969 bits per heavy atom. The van der Waals surface area contributed by atoms with Crippen LogP contribution in [0.15, 0.2) is 72.9 Å². The number of carbonyl (C=O) groups is 1. The summed E-state index contributed by atoms with van der Waals surface area (Å²) in [5.41, 5.74) is 1.36. The van der Waals surface area contributed by atoms with Crippen molar-refractivity contribution in [3.05, 3.63) is 89.9 Å². The molecule has 32 heavy (non-hydrogen) atoms. The van der Waals surface area contributed by atoms with Crippen molar-refractivity contribution in [1.29, 1.82) is 0 Å². The summed E-state index contributed by atoms with van der Waals surface area (Å²) < 4.78 is 41.3. The van der Waals surface area contributed by atoms with Crippen LogP contribution in [0.2, 0.25) is 0 Å². The lowest BCUT2D eigenvalue weighted by atomic mass is 10.1. The highest BCUT2D eigenvalue weighted by Gasteiger charge is 2.33. The van der Waals surface area contributed by atoms with Gasteiger partial charge in [0.2, 0.25) is 0 Å². The lowest BCUT2D eigenvalue weighted by molar-refractivity contribution is -0.136. The maximum atomic E-state index is 13.1. The molecule has 0 radical (unpaired) electrons. The number of benzene rings is 2. The van der Waals surface area contributed by atoms with E-state index in [4.69, 9.17) is 0 Å². The molecule has 0 bridgehead atoms. The number of hydrogen-bond donors (Lipinski definition) is 2. The molecule has 2 heterocycles. The minimum absolute atomic E-state index is 0.193. The average Bonchev–Trinajstić information content (AvgIpc) is 3.11. The fourth-order valence-corrected chi connectivity index (χ4v) is 3.42. The third kappa shape index (κ3) is 4.88. The van der Waals surface area contributed by atoms with Gasteiger partial charge in [0.1, 0.15) is 11.3 Å². The normalized spacial score (nSPS) is 11.5. The second-order valence-corrected chi connectivity index (χ2v) is 7.12. The second kappa shape index (κ2) is 9.09. The van der Waals surface area contributed by atoms with Crippen LogP contribution in [-0.2, 0) is 19.1 Å². The van der Waals surface area contributed by atoms with E-state index in [1.165, 1.54) is 18.2 Å². The first-order valence-electron chi connectivity index (χ1n) is 9.97. The number of anilines is 1. The molecule has 2 amide bonds. The first kappa shape index (κ1) is 21.4. The number of pyridine rings is 1. The Balaban J connectivity index is 1.45. The van der Waals surface area contributed by atoms with Gasteiger partial charge < -0.3 is 15.2 Å². The van der Waals surface area contributed by atoms with Crippen LogP contribution in [-0.4, -0.2) is 27.1 Å². The fourth-order valence-electron chi connectivity index (χ4n) is 3.42. The molecular formula is C23H20F3N5O. The fraction of sp³-hybridized carbons (Fsp3) is 0.174. The first-order valence-corrected chi connectivity index (χ1v) is 9.97. The van der Waals surface area contributed by atoms with E-state index in [-0.39, 0.29) is 12.2 Å². The molecule has 2 N–H and O–H groups in total. The van der Waals surface area contributed by atoms with Crippen molar-refractivity contribution >= 4 is 22.9 Å². The number of nitrogens with one attached hydrogen (secondary N) is 2. The Labute approximate surface area is 182 Å². The summed E-state index contributed by atoms with van der Waals surface area (Å²) in [6.07, 6.45) is -2.48. The zero-order valence-electron chi connectivity index (χ0n) is 16.9. The SMILES string of the molecule is O=C(NCCc1nc2cccnc2n1Cc1ccccc1)Nc1ccccc1C(F)(F)F. The molecule has 0 aliphatic heterocycles. The van der Waals surface area contributed by atoms with Gasteiger partial charge in [0.15, 0.2) is 5.65 Å². The maximum absolute atomic E-state index is 13.1. The molecule has 9 heteroatoms. The summed E-state index contributed by atoms with van der Waals surface area (Å²) in [5, 5.41) is 4.88. The quantitative estimate of drug-likeness (QED) is 0.451. The van der Waals surface area contributed by atoms with Crippen molar-refractivity contribution in [2.24, 2.45) is 0 Å². The number of para-hydroxylation sites is 1. The third-order valence-corrected chi connectivity index (χ3v) is 4.88. The predicted octanol–water partition coefficient (Wildman–Crippen LogP) is 4.86. The van der Waals surface area contributed by atoms with Crippen LogP contribution in [0.1, 0.15) is 17.0 Å². The summed E-state index contributed by atoms with van der Waals surface area (Å²) in [7, 11) is 0. The molecule has 0 spiro atoms. The molecule has 4 rings (SSSR count). The second-order valence-electron chi connectivity index (χ2n) is 7.12. The minimum Gasteiger partial charge on any atom is -0.337 e. The van der Waals surface area contributed by atoms with E-state index in [9.17, 15) is 18.0 Å². The van der Waals surface area contributed by atoms with E-state index >= 15 is 0 Å². The number of alkyl halides is 3. The Morgan fingerprint density at radius 2 is 1.72 bits per heavy atom. The van der Waals surface area contributed by atoms with E-state index in [1.807, 2.05) is 41.0 Å². The number of imidazole rings is 1. The molecule has 2 aromatic heterocycles. The van der Waals surface area contributed by atoms with Crippen molar-refractivity contribution in [3.8, 4) is 0 Å². The van der Waals surface area contributed by atoms with Crippen LogP contribution in [0.3, 0.4) is 0 Å². The van der Waals surface area contributed by atoms with Crippen LogP contribution >= 0.6 is 0 Å². The van der Waals surface area contributed by atoms with Crippen molar-refractivity contribution in [3.63, 3.8) is 0 Å².